The van der Waals surface area contributed by atoms with Crippen LogP contribution < -0.4 is 20.5 Å². The summed E-state index contributed by atoms with van der Waals surface area (Å²) in [5.41, 5.74) is 2.98. The first-order valence-corrected chi connectivity index (χ1v) is 8.91. The van der Waals surface area contributed by atoms with Gasteiger partial charge in [0.2, 0.25) is 0 Å². The summed E-state index contributed by atoms with van der Waals surface area (Å²) in [5.74, 6) is 0.666. The zero-order valence-corrected chi connectivity index (χ0v) is 17.0. The average molecular weight is 397 g/mol. The number of aromatic nitrogens is 4. The second-order valence-electron chi connectivity index (χ2n) is 7.31. The Morgan fingerprint density at radius 2 is 1.90 bits per heavy atom. The molecule has 152 valence electrons. The van der Waals surface area contributed by atoms with Crippen LogP contribution in [0.1, 0.15) is 26.3 Å². The monoisotopic (exact) mass is 397 g/mol. The quantitative estimate of drug-likeness (QED) is 0.662. The second-order valence-corrected chi connectivity index (χ2v) is 7.31. The summed E-state index contributed by atoms with van der Waals surface area (Å²) >= 11 is 0. The van der Waals surface area contributed by atoms with Crippen LogP contribution in [0.3, 0.4) is 0 Å². The molecule has 9 heteroatoms. The van der Waals surface area contributed by atoms with Crippen molar-refractivity contribution in [2.24, 2.45) is 0 Å². The predicted octanol–water partition coefficient (Wildman–Crippen LogP) is 2.15. The Kier molecular flexibility index (Phi) is 5.40. The molecule has 0 saturated heterocycles. The third-order valence-electron chi connectivity index (χ3n) is 4.19. The molecule has 29 heavy (non-hydrogen) atoms. The van der Waals surface area contributed by atoms with Gasteiger partial charge in [0.15, 0.2) is 17.1 Å². The molecule has 0 unspecified atom stereocenters. The Morgan fingerprint density at radius 3 is 2.55 bits per heavy atom. The Morgan fingerprint density at radius 1 is 1.17 bits per heavy atom. The van der Waals surface area contributed by atoms with Crippen LogP contribution in [-0.2, 0) is 10.3 Å². The Bertz CT molecular complexity index is 1140. The van der Waals surface area contributed by atoms with E-state index >= 15 is 0 Å². The minimum Gasteiger partial charge on any atom is -0.493 e. The van der Waals surface area contributed by atoms with E-state index in [9.17, 15) is 9.59 Å². The molecule has 1 amide bonds. The molecular weight excluding hydrogens is 374 g/mol. The molecular formula is C20H23N5O4. The van der Waals surface area contributed by atoms with Gasteiger partial charge in [-0.3, -0.25) is 15.0 Å². The van der Waals surface area contributed by atoms with Crippen molar-refractivity contribution in [3.05, 3.63) is 52.7 Å². The molecule has 9 nitrogen and oxygen atoms in total. The van der Waals surface area contributed by atoms with Crippen LogP contribution in [0.2, 0.25) is 0 Å². The maximum absolute atomic E-state index is 12.6. The maximum Gasteiger partial charge on any atom is 0.283 e. The first-order chi connectivity index (χ1) is 13.7. The van der Waals surface area contributed by atoms with Crippen LogP contribution >= 0.6 is 0 Å². The van der Waals surface area contributed by atoms with Crippen LogP contribution in [-0.4, -0.2) is 39.6 Å². The smallest absolute Gasteiger partial charge is 0.283 e. The molecule has 0 saturated carbocycles. The molecule has 0 bridgehead atoms. The summed E-state index contributed by atoms with van der Waals surface area (Å²) in [5, 5.41) is 4.57. The summed E-state index contributed by atoms with van der Waals surface area (Å²) in [7, 11) is 3.09. The maximum atomic E-state index is 12.6. The first-order valence-electron chi connectivity index (χ1n) is 8.91. The number of hydrogen-bond acceptors (Lipinski definition) is 6. The van der Waals surface area contributed by atoms with Gasteiger partial charge in [-0.2, -0.15) is 5.10 Å². The van der Waals surface area contributed by atoms with Gasteiger partial charge in [-0.25, -0.2) is 14.3 Å². The Hall–Kier alpha value is -3.62. The third-order valence-corrected chi connectivity index (χ3v) is 4.19. The minimum atomic E-state index is -0.480. The van der Waals surface area contributed by atoms with Crippen LogP contribution in [0.5, 0.6) is 11.5 Å². The highest BCUT2D eigenvalue weighted by Gasteiger charge is 2.19. The normalized spacial score (nSPS) is 11.8. The lowest BCUT2D eigenvalue weighted by molar-refractivity contribution is -0.112. The van der Waals surface area contributed by atoms with E-state index in [2.05, 4.69) is 15.5 Å². The number of ether oxygens (including phenoxy) is 2. The SMILES string of the molecule is COc1ccc(C=CC(=O)Nn2cnc3c(cnn3C(C)(C)C)c2=O)cc1OC. The molecule has 0 aliphatic carbocycles. The standard InChI is InChI=1S/C20H23N5O4/c1-20(2,3)25-18-14(11-22-25)19(27)24(12-21-18)23-17(26)9-7-13-6-8-15(28-4)16(10-13)29-5/h6-12H,1-5H3,(H,23,26). The highest BCUT2D eigenvalue weighted by atomic mass is 16.5. The Balaban J connectivity index is 1.81. The van der Waals surface area contributed by atoms with Crippen molar-refractivity contribution in [2.45, 2.75) is 26.3 Å². The first kappa shape index (κ1) is 20.1. The van der Waals surface area contributed by atoms with E-state index < -0.39 is 11.5 Å². The molecule has 3 rings (SSSR count). The lowest BCUT2D eigenvalue weighted by atomic mass is 10.1. The number of nitrogens with zero attached hydrogens (tertiary/aromatic N) is 4. The number of rotatable bonds is 5. The van der Waals surface area contributed by atoms with Crippen LogP contribution in [0.4, 0.5) is 0 Å². The van der Waals surface area contributed by atoms with Crippen molar-refractivity contribution in [3.8, 4) is 11.5 Å². The predicted molar refractivity (Wildman–Crippen MR) is 110 cm³/mol. The molecule has 0 radical (unpaired) electrons. The van der Waals surface area contributed by atoms with Gasteiger partial charge in [0.1, 0.15) is 11.7 Å². The number of nitrogens with one attached hydrogen (secondary N) is 1. The third kappa shape index (κ3) is 4.13. The van der Waals surface area contributed by atoms with Crippen molar-refractivity contribution >= 4 is 23.0 Å². The molecule has 3 aromatic rings. The Labute approximate surface area is 167 Å². The molecule has 2 heterocycles. The van der Waals surface area contributed by atoms with Gasteiger partial charge in [0, 0.05) is 6.08 Å². The molecule has 0 atom stereocenters. The van der Waals surface area contributed by atoms with E-state index in [1.807, 2.05) is 20.8 Å². The number of amides is 1. The summed E-state index contributed by atoms with van der Waals surface area (Å²) in [6.07, 6.45) is 5.65. The van der Waals surface area contributed by atoms with Crippen molar-refractivity contribution in [1.29, 1.82) is 0 Å². The van der Waals surface area contributed by atoms with E-state index in [1.54, 1.807) is 36.1 Å². The molecule has 0 spiro atoms. The van der Waals surface area contributed by atoms with Crippen molar-refractivity contribution in [2.75, 3.05) is 19.6 Å². The fraction of sp³-hybridized carbons (Fsp3) is 0.300. The van der Waals surface area contributed by atoms with Gasteiger partial charge in [-0.05, 0) is 44.5 Å². The van der Waals surface area contributed by atoms with Gasteiger partial charge >= 0.3 is 0 Å². The number of carbonyl (C=O) groups is 1. The summed E-state index contributed by atoms with van der Waals surface area (Å²) in [6.45, 7) is 5.90. The highest BCUT2D eigenvalue weighted by molar-refractivity contribution is 5.97. The van der Waals surface area contributed by atoms with E-state index in [4.69, 9.17) is 9.47 Å². The molecule has 0 fully saturated rings. The lowest BCUT2D eigenvalue weighted by Crippen LogP contribution is -2.32. The van der Waals surface area contributed by atoms with E-state index in [0.717, 1.165) is 10.2 Å². The van der Waals surface area contributed by atoms with Crippen LogP contribution in [0, 0.1) is 0 Å². The van der Waals surface area contributed by atoms with Gasteiger partial charge < -0.3 is 9.47 Å². The number of methoxy groups -OCH3 is 2. The number of benzene rings is 1. The minimum absolute atomic E-state index is 0.321. The van der Waals surface area contributed by atoms with Gasteiger partial charge in [-0.15, -0.1) is 0 Å². The van der Waals surface area contributed by atoms with Crippen molar-refractivity contribution in [3.63, 3.8) is 0 Å². The summed E-state index contributed by atoms with van der Waals surface area (Å²) < 4.78 is 13.1. The van der Waals surface area contributed by atoms with Gasteiger partial charge in [0.05, 0.1) is 26.0 Å². The highest BCUT2D eigenvalue weighted by Crippen LogP contribution is 2.27. The van der Waals surface area contributed by atoms with Gasteiger partial charge in [0.25, 0.3) is 11.5 Å². The van der Waals surface area contributed by atoms with Crippen molar-refractivity contribution in [1.82, 2.24) is 19.4 Å². The van der Waals surface area contributed by atoms with Gasteiger partial charge in [-0.1, -0.05) is 6.07 Å². The van der Waals surface area contributed by atoms with E-state index in [-0.39, 0.29) is 5.54 Å². The van der Waals surface area contributed by atoms with E-state index in [1.165, 1.54) is 25.7 Å². The van der Waals surface area contributed by atoms with Crippen LogP contribution in [0.25, 0.3) is 17.1 Å². The molecule has 1 aromatic carbocycles. The zero-order chi connectivity index (χ0) is 21.2. The van der Waals surface area contributed by atoms with Crippen LogP contribution in [0.15, 0.2) is 41.6 Å². The molecule has 0 aliphatic rings. The van der Waals surface area contributed by atoms with Crippen molar-refractivity contribution < 1.29 is 14.3 Å². The average Bonchev–Trinajstić information content (AvgIpc) is 3.13. The number of carbonyl (C=O) groups excluding carboxylic acids is 1. The number of hydrogen-bond donors (Lipinski definition) is 1. The molecule has 1 N–H and O–H groups in total. The fourth-order valence-corrected chi connectivity index (χ4v) is 2.77. The summed E-state index contributed by atoms with van der Waals surface area (Å²) in [6, 6.07) is 5.26. The van der Waals surface area contributed by atoms with E-state index in [0.29, 0.717) is 22.5 Å². The second kappa shape index (κ2) is 7.78. The lowest BCUT2D eigenvalue weighted by Gasteiger charge is -2.19. The largest absolute Gasteiger partial charge is 0.493 e. The summed E-state index contributed by atoms with van der Waals surface area (Å²) in [4.78, 5) is 29.2. The topological polar surface area (TPSA) is 100 Å². The molecule has 2 aromatic heterocycles. The number of fused-ring (bicyclic) bond motifs is 1. The molecule has 0 aliphatic heterocycles. The zero-order valence-electron chi connectivity index (χ0n) is 17.0. The fourth-order valence-electron chi connectivity index (χ4n) is 2.77.